The fourth-order valence-electron chi connectivity index (χ4n) is 3.13. The molecule has 3 rings (SSSR count). The van der Waals surface area contributed by atoms with Crippen molar-refractivity contribution in [2.24, 2.45) is 0 Å². The average Bonchev–Trinajstić information content (AvgIpc) is 2.78. The van der Waals surface area contributed by atoms with Gasteiger partial charge in [-0.2, -0.15) is 0 Å². The van der Waals surface area contributed by atoms with Gasteiger partial charge in [0.15, 0.2) is 6.61 Å². The van der Waals surface area contributed by atoms with Gasteiger partial charge in [-0.25, -0.2) is 13.1 Å². The van der Waals surface area contributed by atoms with Gasteiger partial charge in [0, 0.05) is 6.04 Å². The molecule has 0 saturated heterocycles. The van der Waals surface area contributed by atoms with Gasteiger partial charge < -0.3 is 14.8 Å². The molecule has 1 atom stereocenters. The molecule has 9 heteroatoms. The Hall–Kier alpha value is -3.07. The molecule has 174 valence electrons. The third kappa shape index (κ3) is 6.47. The Morgan fingerprint density at radius 3 is 2.39 bits per heavy atom. The SMILES string of the molecule is COc1ccc(C)cc1NC(=O)COc1ccc(S(=O)(=O)N[C@H](C)c2ccccc2)cc1Cl. The van der Waals surface area contributed by atoms with E-state index in [0.717, 1.165) is 11.1 Å². The van der Waals surface area contributed by atoms with Crippen LogP contribution in [-0.2, 0) is 14.8 Å². The predicted molar refractivity (Wildman–Crippen MR) is 128 cm³/mol. The standard InChI is InChI=1S/C24H25ClN2O5S/c1-16-9-11-23(31-3)21(13-16)26-24(28)15-32-22-12-10-19(14-20(22)25)33(29,30)27-17(2)18-7-5-4-6-8-18/h4-14,17,27H,15H2,1-3H3,(H,26,28)/t17-/m1/s1. The Morgan fingerprint density at radius 1 is 1.03 bits per heavy atom. The van der Waals surface area contributed by atoms with Crippen molar-refractivity contribution < 1.29 is 22.7 Å². The van der Waals surface area contributed by atoms with E-state index < -0.39 is 22.0 Å². The van der Waals surface area contributed by atoms with Crippen LogP contribution in [0.2, 0.25) is 5.02 Å². The number of sulfonamides is 1. The molecule has 0 unspecified atom stereocenters. The van der Waals surface area contributed by atoms with E-state index in [9.17, 15) is 13.2 Å². The Kier molecular flexibility index (Phi) is 7.97. The van der Waals surface area contributed by atoms with Crippen LogP contribution in [0.15, 0.2) is 71.6 Å². The molecule has 0 radical (unpaired) electrons. The number of hydrogen-bond acceptors (Lipinski definition) is 5. The number of carbonyl (C=O) groups is 1. The topological polar surface area (TPSA) is 93.7 Å². The molecule has 0 saturated carbocycles. The molecule has 1 amide bonds. The first-order valence-corrected chi connectivity index (χ1v) is 12.0. The van der Waals surface area contributed by atoms with E-state index in [1.54, 1.807) is 19.1 Å². The van der Waals surface area contributed by atoms with Gasteiger partial charge in [-0.05, 0) is 55.3 Å². The molecule has 3 aromatic rings. The fraction of sp³-hybridized carbons (Fsp3) is 0.208. The van der Waals surface area contributed by atoms with Crippen molar-refractivity contribution in [1.29, 1.82) is 0 Å². The number of benzene rings is 3. The van der Waals surface area contributed by atoms with Crippen LogP contribution < -0.4 is 19.5 Å². The van der Waals surface area contributed by atoms with Crippen LogP contribution in [0, 0.1) is 6.92 Å². The van der Waals surface area contributed by atoms with E-state index in [4.69, 9.17) is 21.1 Å². The smallest absolute Gasteiger partial charge is 0.262 e. The highest BCUT2D eigenvalue weighted by atomic mass is 35.5. The molecule has 0 bridgehead atoms. The van der Waals surface area contributed by atoms with E-state index >= 15 is 0 Å². The summed E-state index contributed by atoms with van der Waals surface area (Å²) in [6.07, 6.45) is 0. The summed E-state index contributed by atoms with van der Waals surface area (Å²) in [4.78, 5) is 12.3. The van der Waals surface area contributed by atoms with Gasteiger partial charge in [0.2, 0.25) is 10.0 Å². The highest BCUT2D eigenvalue weighted by Crippen LogP contribution is 2.29. The van der Waals surface area contributed by atoms with E-state index in [1.165, 1.54) is 25.3 Å². The van der Waals surface area contributed by atoms with E-state index in [2.05, 4.69) is 10.0 Å². The van der Waals surface area contributed by atoms with Crippen molar-refractivity contribution in [3.8, 4) is 11.5 Å². The molecule has 7 nitrogen and oxygen atoms in total. The van der Waals surface area contributed by atoms with Crippen LogP contribution >= 0.6 is 11.6 Å². The minimum atomic E-state index is -3.81. The maximum Gasteiger partial charge on any atom is 0.262 e. The van der Waals surface area contributed by atoms with Crippen molar-refractivity contribution in [2.45, 2.75) is 24.8 Å². The van der Waals surface area contributed by atoms with Gasteiger partial charge >= 0.3 is 0 Å². The van der Waals surface area contributed by atoms with Gasteiger partial charge in [0.1, 0.15) is 11.5 Å². The van der Waals surface area contributed by atoms with Crippen molar-refractivity contribution in [3.63, 3.8) is 0 Å². The quantitative estimate of drug-likeness (QED) is 0.454. The van der Waals surface area contributed by atoms with Crippen LogP contribution in [-0.4, -0.2) is 28.0 Å². The Labute approximate surface area is 198 Å². The Bertz CT molecular complexity index is 1230. The minimum Gasteiger partial charge on any atom is -0.495 e. The highest BCUT2D eigenvalue weighted by molar-refractivity contribution is 7.89. The third-order valence-electron chi connectivity index (χ3n) is 4.83. The van der Waals surface area contributed by atoms with Crippen LogP contribution in [0.4, 0.5) is 5.69 Å². The lowest BCUT2D eigenvalue weighted by molar-refractivity contribution is -0.118. The number of anilines is 1. The second-order valence-corrected chi connectivity index (χ2v) is 9.51. The molecule has 0 heterocycles. The highest BCUT2D eigenvalue weighted by Gasteiger charge is 2.20. The van der Waals surface area contributed by atoms with Crippen LogP contribution in [0.3, 0.4) is 0 Å². The molecular formula is C24H25ClN2O5S. The summed E-state index contributed by atoms with van der Waals surface area (Å²) in [5, 5.41) is 2.80. The first kappa shape index (κ1) is 24.6. The predicted octanol–water partition coefficient (Wildman–Crippen LogP) is 4.71. The second-order valence-electron chi connectivity index (χ2n) is 7.39. The maximum atomic E-state index is 12.8. The first-order chi connectivity index (χ1) is 15.7. The molecule has 0 aromatic heterocycles. The number of aryl methyl sites for hydroxylation is 1. The van der Waals surface area contributed by atoms with Crippen molar-refractivity contribution in [1.82, 2.24) is 4.72 Å². The minimum absolute atomic E-state index is 0.00317. The number of amides is 1. The fourth-order valence-corrected chi connectivity index (χ4v) is 4.68. The lowest BCUT2D eigenvalue weighted by Crippen LogP contribution is -2.27. The number of nitrogens with one attached hydrogen (secondary N) is 2. The summed E-state index contributed by atoms with van der Waals surface area (Å²) in [6.45, 7) is 3.34. The monoisotopic (exact) mass is 488 g/mol. The summed E-state index contributed by atoms with van der Waals surface area (Å²) < 4.78 is 38.9. The summed E-state index contributed by atoms with van der Waals surface area (Å²) in [5.41, 5.74) is 2.32. The van der Waals surface area contributed by atoms with Crippen LogP contribution in [0.1, 0.15) is 24.1 Å². The lowest BCUT2D eigenvalue weighted by atomic mass is 10.1. The molecular weight excluding hydrogens is 464 g/mol. The zero-order valence-electron chi connectivity index (χ0n) is 18.5. The number of methoxy groups -OCH3 is 1. The number of carbonyl (C=O) groups excluding carboxylic acids is 1. The Balaban J connectivity index is 1.64. The molecule has 0 fully saturated rings. The molecule has 33 heavy (non-hydrogen) atoms. The van der Waals surface area contributed by atoms with Crippen molar-refractivity contribution >= 4 is 33.2 Å². The second kappa shape index (κ2) is 10.7. The molecule has 2 N–H and O–H groups in total. The molecule has 0 aliphatic rings. The number of ether oxygens (including phenoxy) is 2. The maximum absolute atomic E-state index is 12.8. The number of rotatable bonds is 9. The van der Waals surface area contributed by atoms with Gasteiger partial charge in [-0.15, -0.1) is 0 Å². The van der Waals surface area contributed by atoms with Gasteiger partial charge in [-0.1, -0.05) is 48.0 Å². The Morgan fingerprint density at radius 2 is 1.73 bits per heavy atom. The van der Waals surface area contributed by atoms with Crippen LogP contribution in [0.5, 0.6) is 11.5 Å². The largest absolute Gasteiger partial charge is 0.495 e. The molecule has 3 aromatic carbocycles. The van der Waals surface area contributed by atoms with E-state index in [0.29, 0.717) is 11.4 Å². The molecule has 0 aliphatic heterocycles. The van der Waals surface area contributed by atoms with E-state index in [-0.39, 0.29) is 22.3 Å². The zero-order chi connectivity index (χ0) is 24.0. The van der Waals surface area contributed by atoms with E-state index in [1.807, 2.05) is 43.3 Å². The van der Waals surface area contributed by atoms with Gasteiger partial charge in [0.05, 0.1) is 22.7 Å². The summed E-state index contributed by atoms with van der Waals surface area (Å²) >= 11 is 6.23. The first-order valence-electron chi connectivity index (χ1n) is 10.1. The zero-order valence-corrected chi connectivity index (χ0v) is 20.0. The number of hydrogen-bond donors (Lipinski definition) is 2. The summed E-state index contributed by atoms with van der Waals surface area (Å²) in [5.74, 6) is 0.307. The lowest BCUT2D eigenvalue weighted by Gasteiger charge is -2.15. The number of halogens is 1. The molecule has 0 spiro atoms. The molecule has 0 aliphatic carbocycles. The third-order valence-corrected chi connectivity index (χ3v) is 6.67. The normalized spacial score (nSPS) is 12.1. The van der Waals surface area contributed by atoms with Crippen molar-refractivity contribution in [3.05, 3.63) is 82.9 Å². The average molecular weight is 489 g/mol. The summed E-state index contributed by atoms with van der Waals surface area (Å²) in [6, 6.07) is 18.3. The van der Waals surface area contributed by atoms with Crippen LogP contribution in [0.25, 0.3) is 0 Å². The summed E-state index contributed by atoms with van der Waals surface area (Å²) in [7, 11) is -2.30. The van der Waals surface area contributed by atoms with Gasteiger partial charge in [-0.3, -0.25) is 4.79 Å². The van der Waals surface area contributed by atoms with Gasteiger partial charge in [0.25, 0.3) is 5.91 Å². The van der Waals surface area contributed by atoms with Crippen molar-refractivity contribution in [2.75, 3.05) is 19.0 Å².